The monoisotopic (exact) mass is 381 g/mol. The first-order valence-electron chi connectivity index (χ1n) is 8.21. The van der Waals surface area contributed by atoms with Gasteiger partial charge in [0.15, 0.2) is 22.7 Å². The highest BCUT2D eigenvalue weighted by Crippen LogP contribution is 2.38. The van der Waals surface area contributed by atoms with E-state index >= 15 is 0 Å². The average molecular weight is 381 g/mol. The molecule has 0 saturated carbocycles. The number of carbonyl (C=O) groups excluding carboxylic acids is 2. The van der Waals surface area contributed by atoms with Gasteiger partial charge in [-0.2, -0.15) is 0 Å². The molecule has 1 aliphatic rings. The van der Waals surface area contributed by atoms with Crippen molar-refractivity contribution in [3.63, 3.8) is 0 Å². The summed E-state index contributed by atoms with van der Waals surface area (Å²) in [6.07, 6.45) is 0.526. The molecule has 7 nitrogen and oxygen atoms in total. The van der Waals surface area contributed by atoms with Crippen LogP contribution in [0.4, 0.5) is 0 Å². The molecule has 0 radical (unpaired) electrons. The molecule has 142 valence electrons. The van der Waals surface area contributed by atoms with Gasteiger partial charge in [0, 0.05) is 25.1 Å². The maximum absolute atomic E-state index is 12.8. The second-order valence-electron chi connectivity index (χ2n) is 6.13. The molecular weight excluding hydrogens is 358 g/mol. The molecule has 2 atom stereocenters. The number of amides is 1. The Morgan fingerprint density at radius 1 is 1.27 bits per heavy atom. The summed E-state index contributed by atoms with van der Waals surface area (Å²) in [6.45, 7) is 3.45. The highest BCUT2D eigenvalue weighted by Gasteiger charge is 2.38. The number of carboxylic acid groups (broad SMARTS) is 1. The van der Waals surface area contributed by atoms with Gasteiger partial charge in [-0.3, -0.25) is 9.59 Å². The van der Waals surface area contributed by atoms with Crippen molar-refractivity contribution in [2.24, 2.45) is 5.92 Å². The van der Waals surface area contributed by atoms with Crippen molar-refractivity contribution in [1.82, 2.24) is 4.90 Å². The molecular formula is C18H23NO6S. The maximum Gasteiger partial charge on any atom is 0.331 e. The second kappa shape index (κ2) is 8.44. The van der Waals surface area contributed by atoms with Crippen molar-refractivity contribution in [2.45, 2.75) is 26.3 Å². The van der Waals surface area contributed by atoms with E-state index in [1.807, 2.05) is 0 Å². The Morgan fingerprint density at radius 3 is 2.42 bits per heavy atom. The summed E-state index contributed by atoms with van der Waals surface area (Å²) >= 11 is 1.07. The molecule has 0 fully saturated rings. The summed E-state index contributed by atoms with van der Waals surface area (Å²) in [5, 5.41) is 9.70. The van der Waals surface area contributed by atoms with Crippen LogP contribution in [0.2, 0.25) is 0 Å². The summed E-state index contributed by atoms with van der Waals surface area (Å²) in [7, 11) is 3.00. The number of benzene rings is 1. The summed E-state index contributed by atoms with van der Waals surface area (Å²) in [5.41, 5.74) is 1.35. The van der Waals surface area contributed by atoms with E-state index in [0.29, 0.717) is 35.8 Å². The van der Waals surface area contributed by atoms with E-state index in [0.717, 1.165) is 17.3 Å². The van der Waals surface area contributed by atoms with Crippen LogP contribution in [0.25, 0.3) is 0 Å². The Bertz CT molecular complexity index is 720. The predicted molar refractivity (Wildman–Crippen MR) is 97.6 cm³/mol. The number of rotatable bonds is 6. The zero-order valence-corrected chi connectivity index (χ0v) is 16.1. The van der Waals surface area contributed by atoms with Crippen LogP contribution in [0.5, 0.6) is 11.5 Å². The van der Waals surface area contributed by atoms with Gasteiger partial charge in [0.05, 0.1) is 14.2 Å². The minimum Gasteiger partial charge on any atom is -0.493 e. The van der Waals surface area contributed by atoms with Gasteiger partial charge in [0.1, 0.15) is 0 Å². The lowest BCUT2D eigenvalue weighted by atomic mass is 9.91. The van der Waals surface area contributed by atoms with Crippen LogP contribution >= 0.6 is 11.8 Å². The number of hydrogen-bond acceptors (Lipinski definition) is 6. The topological polar surface area (TPSA) is 93.1 Å². The fraction of sp³-hybridized carbons (Fsp3) is 0.500. The predicted octanol–water partition coefficient (Wildman–Crippen LogP) is 2.13. The lowest BCUT2D eigenvalue weighted by Crippen LogP contribution is -2.46. The van der Waals surface area contributed by atoms with E-state index in [9.17, 15) is 19.5 Å². The third-order valence-electron chi connectivity index (χ3n) is 4.35. The van der Waals surface area contributed by atoms with Gasteiger partial charge in [-0.05, 0) is 29.7 Å². The Hall–Kier alpha value is -2.22. The van der Waals surface area contributed by atoms with Gasteiger partial charge in [0.2, 0.25) is 5.91 Å². The Morgan fingerprint density at radius 2 is 1.88 bits per heavy atom. The number of hydrogen-bond donors (Lipinski definition) is 1. The smallest absolute Gasteiger partial charge is 0.331 e. The number of thioether (sulfide) groups is 1. The van der Waals surface area contributed by atoms with Crippen molar-refractivity contribution in [1.29, 1.82) is 0 Å². The number of aliphatic carboxylic acids is 1. The molecule has 2 unspecified atom stereocenters. The van der Waals surface area contributed by atoms with Crippen molar-refractivity contribution < 1.29 is 29.0 Å². The summed E-state index contributed by atoms with van der Waals surface area (Å²) in [5.74, 6) is -0.541. The first kappa shape index (κ1) is 20.1. The minimum absolute atomic E-state index is 0.0692. The van der Waals surface area contributed by atoms with Crippen molar-refractivity contribution in [3.8, 4) is 11.5 Å². The summed E-state index contributed by atoms with van der Waals surface area (Å²) < 4.78 is 10.6. The van der Waals surface area contributed by atoms with Crippen LogP contribution in [0.15, 0.2) is 12.1 Å². The molecule has 2 rings (SSSR count). The fourth-order valence-electron chi connectivity index (χ4n) is 3.05. The molecule has 26 heavy (non-hydrogen) atoms. The second-order valence-corrected chi connectivity index (χ2v) is 7.33. The maximum atomic E-state index is 12.8. The molecule has 1 heterocycles. The van der Waals surface area contributed by atoms with E-state index in [-0.39, 0.29) is 11.0 Å². The van der Waals surface area contributed by atoms with Gasteiger partial charge >= 0.3 is 5.97 Å². The Labute approximate surface area is 156 Å². The molecule has 8 heteroatoms. The fourth-order valence-corrected chi connectivity index (χ4v) is 3.67. The van der Waals surface area contributed by atoms with E-state index in [4.69, 9.17) is 9.47 Å². The number of carboxylic acids is 1. The highest BCUT2D eigenvalue weighted by atomic mass is 32.2. The standard InChI is InChI=1S/C18H23NO6S/c1-10(9-26-11(2)20)17(21)19-6-5-12-7-14(24-3)15(25-4)8-13(12)16(19)18(22)23/h7-8,10,16H,5-6,9H2,1-4H3,(H,22,23). The lowest BCUT2D eigenvalue weighted by molar-refractivity contribution is -0.152. The van der Waals surface area contributed by atoms with E-state index < -0.39 is 17.9 Å². The third-order valence-corrected chi connectivity index (χ3v) is 5.42. The summed E-state index contributed by atoms with van der Waals surface area (Å²) in [6, 6.07) is 2.30. The van der Waals surface area contributed by atoms with E-state index in [2.05, 4.69) is 0 Å². The van der Waals surface area contributed by atoms with Crippen LogP contribution in [0.1, 0.15) is 31.0 Å². The average Bonchev–Trinajstić information content (AvgIpc) is 2.62. The molecule has 1 aromatic rings. The minimum atomic E-state index is -1.10. The van der Waals surface area contributed by atoms with Gasteiger partial charge in [-0.25, -0.2) is 4.79 Å². The van der Waals surface area contributed by atoms with Gasteiger partial charge < -0.3 is 19.5 Å². The number of carbonyl (C=O) groups is 3. The van der Waals surface area contributed by atoms with Crippen molar-refractivity contribution in [3.05, 3.63) is 23.3 Å². The number of ether oxygens (including phenoxy) is 2. The van der Waals surface area contributed by atoms with Crippen LogP contribution in [-0.2, 0) is 20.8 Å². The highest BCUT2D eigenvalue weighted by molar-refractivity contribution is 8.13. The molecule has 0 aliphatic carbocycles. The van der Waals surface area contributed by atoms with Crippen LogP contribution < -0.4 is 9.47 Å². The van der Waals surface area contributed by atoms with Gasteiger partial charge in [-0.1, -0.05) is 18.7 Å². The van der Waals surface area contributed by atoms with Gasteiger partial charge in [-0.15, -0.1) is 0 Å². The van der Waals surface area contributed by atoms with Crippen LogP contribution in [0.3, 0.4) is 0 Å². The van der Waals surface area contributed by atoms with Crippen molar-refractivity contribution >= 4 is 28.8 Å². The summed E-state index contributed by atoms with van der Waals surface area (Å²) in [4.78, 5) is 37.3. The lowest BCUT2D eigenvalue weighted by Gasteiger charge is -2.36. The number of nitrogens with zero attached hydrogens (tertiary/aromatic N) is 1. The molecule has 1 N–H and O–H groups in total. The van der Waals surface area contributed by atoms with Crippen molar-refractivity contribution in [2.75, 3.05) is 26.5 Å². The number of fused-ring (bicyclic) bond motifs is 1. The van der Waals surface area contributed by atoms with Crippen LogP contribution in [-0.4, -0.2) is 53.5 Å². The molecule has 0 bridgehead atoms. The zero-order valence-electron chi connectivity index (χ0n) is 15.3. The quantitative estimate of drug-likeness (QED) is 0.807. The first-order valence-corrected chi connectivity index (χ1v) is 9.20. The molecule has 1 amide bonds. The largest absolute Gasteiger partial charge is 0.493 e. The molecule has 0 spiro atoms. The molecule has 1 aromatic carbocycles. The Kier molecular flexibility index (Phi) is 6.52. The normalized spacial score (nSPS) is 17.2. The Balaban J connectivity index is 2.36. The SMILES string of the molecule is COc1cc2c(cc1OC)C(C(=O)O)N(C(=O)C(C)CSC(C)=O)CC2. The molecule has 0 aromatic heterocycles. The number of methoxy groups -OCH3 is 2. The molecule has 0 saturated heterocycles. The van der Waals surface area contributed by atoms with E-state index in [1.54, 1.807) is 19.1 Å². The third kappa shape index (κ3) is 4.12. The zero-order chi connectivity index (χ0) is 19.4. The first-order chi connectivity index (χ1) is 12.3. The van der Waals surface area contributed by atoms with Crippen LogP contribution in [0, 0.1) is 5.92 Å². The van der Waals surface area contributed by atoms with E-state index in [1.165, 1.54) is 26.0 Å². The van der Waals surface area contributed by atoms with Gasteiger partial charge in [0.25, 0.3) is 0 Å². The molecule has 1 aliphatic heterocycles.